The van der Waals surface area contributed by atoms with Crippen molar-refractivity contribution in [3.63, 3.8) is 0 Å². The first kappa shape index (κ1) is 13.2. The van der Waals surface area contributed by atoms with E-state index in [-0.39, 0.29) is 23.4 Å². The Balaban J connectivity index is 1.99. The van der Waals surface area contributed by atoms with Crippen LogP contribution in [-0.2, 0) is 12.8 Å². The largest absolute Gasteiger partial charge is 0.396 e. The topological polar surface area (TPSA) is 91.0 Å². The first-order valence-electron chi connectivity index (χ1n) is 5.82. The molecular weight excluding hydrogens is 247 g/mol. The summed E-state index contributed by atoms with van der Waals surface area (Å²) in [5, 5.41) is 3.65. The average molecular weight is 262 g/mol. The van der Waals surface area contributed by atoms with Crippen LogP contribution in [0.1, 0.15) is 17.3 Å². The maximum atomic E-state index is 13.5. The summed E-state index contributed by atoms with van der Waals surface area (Å²) >= 11 is 0. The molecule has 1 heterocycles. The highest BCUT2D eigenvalue weighted by Gasteiger charge is 2.13. The average Bonchev–Trinajstić information content (AvgIpc) is 2.80. The quantitative estimate of drug-likeness (QED) is 0.846. The molecule has 19 heavy (non-hydrogen) atoms. The fourth-order valence-electron chi connectivity index (χ4n) is 1.71. The van der Waals surface area contributed by atoms with Gasteiger partial charge in [-0.05, 0) is 18.1 Å². The van der Waals surface area contributed by atoms with Crippen molar-refractivity contribution in [1.82, 2.24) is 10.1 Å². The minimum absolute atomic E-state index is 0.234. The molecule has 1 unspecified atom stereocenters. The summed E-state index contributed by atoms with van der Waals surface area (Å²) in [6.07, 6.45) is 0.753. The normalized spacial score (nSPS) is 12.3. The van der Waals surface area contributed by atoms with Crippen LogP contribution in [0.3, 0.4) is 0 Å². The second-order valence-corrected chi connectivity index (χ2v) is 4.30. The van der Waals surface area contributed by atoms with Gasteiger partial charge in [0.15, 0.2) is 0 Å². The predicted molar refractivity (Wildman–Crippen MR) is 69.3 cm³/mol. The Labute approximate surface area is 110 Å². The Bertz CT molecular complexity index is 582. The van der Waals surface area contributed by atoms with Crippen LogP contribution in [0, 0.1) is 5.82 Å². The van der Waals surface area contributed by atoms with E-state index < -0.39 is 0 Å². The second-order valence-electron chi connectivity index (χ2n) is 4.30. The summed E-state index contributed by atoms with van der Waals surface area (Å²) in [5.41, 5.74) is 12.2. The maximum absolute atomic E-state index is 13.5. The van der Waals surface area contributed by atoms with Crippen molar-refractivity contribution in [2.75, 3.05) is 0 Å². The van der Waals surface area contributed by atoms with Crippen molar-refractivity contribution in [2.45, 2.75) is 18.9 Å². The number of nitrogens with two attached hydrogens (primary N) is 2. The molecule has 2 rings (SSSR count). The molecule has 0 saturated carbocycles. The summed E-state index contributed by atoms with van der Waals surface area (Å²) in [4.78, 5) is 4.04. The van der Waals surface area contributed by atoms with Gasteiger partial charge < -0.3 is 16.0 Å². The molecule has 1 aromatic heterocycles. The van der Waals surface area contributed by atoms with E-state index >= 15 is 0 Å². The zero-order valence-corrected chi connectivity index (χ0v) is 10.3. The molecule has 4 N–H and O–H groups in total. The van der Waals surface area contributed by atoms with Gasteiger partial charge in [0, 0.05) is 12.5 Å². The molecule has 0 saturated heterocycles. The third kappa shape index (κ3) is 3.38. The molecule has 0 bridgehead atoms. The number of hydrogen-bond acceptors (Lipinski definition) is 5. The molecule has 0 aliphatic carbocycles. The van der Waals surface area contributed by atoms with Crippen LogP contribution in [0.4, 0.5) is 4.39 Å². The van der Waals surface area contributed by atoms with Gasteiger partial charge in [0.2, 0.25) is 11.7 Å². The molecule has 6 heteroatoms. The first-order chi connectivity index (χ1) is 9.06. The monoisotopic (exact) mass is 262 g/mol. The van der Waals surface area contributed by atoms with E-state index in [2.05, 4.69) is 16.7 Å². The van der Waals surface area contributed by atoms with Gasteiger partial charge in [0.05, 0.1) is 5.70 Å². The fourth-order valence-corrected chi connectivity index (χ4v) is 1.71. The van der Waals surface area contributed by atoms with Crippen molar-refractivity contribution in [3.8, 4) is 0 Å². The molecule has 1 aromatic carbocycles. The van der Waals surface area contributed by atoms with Gasteiger partial charge in [0.1, 0.15) is 5.82 Å². The standard InChI is InChI=1S/C13H15FN4O/c1-8(15)13-17-12(19-18-13)7-10(16)6-9-4-2-3-5-11(9)14/h2-5,10H,1,6-7,15-16H2. The third-order valence-corrected chi connectivity index (χ3v) is 2.63. The van der Waals surface area contributed by atoms with Gasteiger partial charge in [0.25, 0.3) is 0 Å². The lowest BCUT2D eigenvalue weighted by atomic mass is 10.0. The fraction of sp³-hybridized carbons (Fsp3) is 0.231. The molecule has 5 nitrogen and oxygen atoms in total. The van der Waals surface area contributed by atoms with E-state index in [0.717, 1.165) is 0 Å². The van der Waals surface area contributed by atoms with Gasteiger partial charge in [-0.25, -0.2) is 4.39 Å². The zero-order valence-electron chi connectivity index (χ0n) is 10.3. The van der Waals surface area contributed by atoms with Crippen molar-refractivity contribution in [3.05, 3.63) is 53.9 Å². The molecular formula is C13H15FN4O. The van der Waals surface area contributed by atoms with Crippen LogP contribution in [0.5, 0.6) is 0 Å². The first-order valence-corrected chi connectivity index (χ1v) is 5.82. The van der Waals surface area contributed by atoms with Crippen LogP contribution >= 0.6 is 0 Å². The van der Waals surface area contributed by atoms with Crippen LogP contribution in [0.25, 0.3) is 5.70 Å². The highest BCUT2D eigenvalue weighted by atomic mass is 19.1. The molecule has 1 atom stereocenters. The highest BCUT2D eigenvalue weighted by molar-refractivity contribution is 5.51. The number of benzene rings is 1. The summed E-state index contributed by atoms with van der Waals surface area (Å²) in [7, 11) is 0. The van der Waals surface area contributed by atoms with Crippen molar-refractivity contribution in [1.29, 1.82) is 0 Å². The maximum Gasteiger partial charge on any atom is 0.228 e. The zero-order chi connectivity index (χ0) is 13.8. The number of halogens is 1. The van der Waals surface area contributed by atoms with E-state index in [4.69, 9.17) is 16.0 Å². The van der Waals surface area contributed by atoms with E-state index in [9.17, 15) is 4.39 Å². The molecule has 0 aliphatic rings. The molecule has 2 aromatic rings. The Morgan fingerprint density at radius 2 is 2.11 bits per heavy atom. The second kappa shape index (κ2) is 5.62. The van der Waals surface area contributed by atoms with Crippen LogP contribution < -0.4 is 11.5 Å². The summed E-state index contributed by atoms with van der Waals surface area (Å²) in [5.74, 6) is 0.359. The van der Waals surface area contributed by atoms with Crippen molar-refractivity contribution >= 4 is 5.70 Å². The van der Waals surface area contributed by atoms with E-state index in [1.807, 2.05) is 0 Å². The number of aromatic nitrogens is 2. The number of nitrogens with zero attached hydrogens (tertiary/aromatic N) is 2. The Morgan fingerprint density at radius 3 is 2.74 bits per heavy atom. The molecule has 0 radical (unpaired) electrons. The molecule has 0 aliphatic heterocycles. The van der Waals surface area contributed by atoms with Crippen LogP contribution in [-0.4, -0.2) is 16.2 Å². The minimum atomic E-state index is -0.309. The van der Waals surface area contributed by atoms with Crippen LogP contribution in [0.2, 0.25) is 0 Å². The molecule has 0 spiro atoms. The van der Waals surface area contributed by atoms with E-state index in [1.54, 1.807) is 18.2 Å². The molecule has 100 valence electrons. The number of hydrogen-bond donors (Lipinski definition) is 2. The summed E-state index contributed by atoms with van der Waals surface area (Å²) in [6.45, 7) is 3.51. The lowest BCUT2D eigenvalue weighted by Gasteiger charge is -2.09. The van der Waals surface area contributed by atoms with Crippen LogP contribution in [0.15, 0.2) is 35.4 Å². The van der Waals surface area contributed by atoms with Crippen molar-refractivity contribution < 1.29 is 8.91 Å². The van der Waals surface area contributed by atoms with Gasteiger partial charge in [-0.15, -0.1) is 0 Å². The SMILES string of the molecule is C=C(N)c1noc(CC(N)Cc2ccccc2F)n1. The summed E-state index contributed by atoms with van der Waals surface area (Å²) < 4.78 is 18.5. The van der Waals surface area contributed by atoms with Gasteiger partial charge in [-0.3, -0.25) is 0 Å². The number of rotatable bonds is 5. The van der Waals surface area contributed by atoms with Gasteiger partial charge in [-0.1, -0.05) is 29.9 Å². The van der Waals surface area contributed by atoms with E-state index in [0.29, 0.717) is 24.3 Å². The predicted octanol–water partition coefficient (Wildman–Crippen LogP) is 1.25. The summed E-state index contributed by atoms with van der Waals surface area (Å²) in [6, 6.07) is 6.22. The Hall–Kier alpha value is -2.21. The van der Waals surface area contributed by atoms with Crippen molar-refractivity contribution in [2.24, 2.45) is 11.5 Å². The van der Waals surface area contributed by atoms with Gasteiger partial charge >= 0.3 is 0 Å². The molecule has 0 fully saturated rings. The van der Waals surface area contributed by atoms with Gasteiger partial charge in [-0.2, -0.15) is 4.98 Å². The molecule has 0 amide bonds. The lowest BCUT2D eigenvalue weighted by molar-refractivity contribution is 0.366. The van der Waals surface area contributed by atoms with E-state index in [1.165, 1.54) is 6.07 Å². The highest BCUT2D eigenvalue weighted by Crippen LogP contribution is 2.11. The Morgan fingerprint density at radius 1 is 1.37 bits per heavy atom. The smallest absolute Gasteiger partial charge is 0.228 e. The third-order valence-electron chi connectivity index (χ3n) is 2.63. The lowest BCUT2D eigenvalue weighted by Crippen LogP contribution is -2.26. The minimum Gasteiger partial charge on any atom is -0.396 e. The Kier molecular flexibility index (Phi) is 3.91.